The molecule has 98 valence electrons. The molecule has 0 radical (unpaired) electrons. The molecule has 0 aliphatic carbocycles. The summed E-state index contributed by atoms with van der Waals surface area (Å²) in [5.41, 5.74) is 0. The van der Waals surface area contributed by atoms with Crippen molar-refractivity contribution in [1.29, 1.82) is 0 Å². The van der Waals surface area contributed by atoms with E-state index in [-0.39, 0.29) is 18.1 Å². The number of ether oxygens (including phenoxy) is 1. The molecule has 1 aromatic carbocycles. The molecular weight excluding hydrogens is 254 g/mol. The molecule has 0 aromatic heterocycles. The second-order valence-electron chi connectivity index (χ2n) is 4.00. The van der Waals surface area contributed by atoms with Crippen LogP contribution in [0.5, 0.6) is 5.75 Å². The highest BCUT2D eigenvalue weighted by Crippen LogP contribution is 2.16. The zero-order valence-electron chi connectivity index (χ0n) is 10.5. The molecule has 0 fully saturated rings. The summed E-state index contributed by atoms with van der Waals surface area (Å²) in [6, 6.07) is 7.06. The summed E-state index contributed by atoms with van der Waals surface area (Å²) >= 11 is 5.81. The van der Waals surface area contributed by atoms with Gasteiger partial charge in [0, 0.05) is 12.1 Å². The third-order valence-corrected chi connectivity index (χ3v) is 2.55. The zero-order chi connectivity index (χ0) is 13.5. The molecule has 0 heterocycles. The summed E-state index contributed by atoms with van der Waals surface area (Å²) in [5, 5.41) is 0.605. The van der Waals surface area contributed by atoms with Crippen molar-refractivity contribution in [1.82, 2.24) is 4.90 Å². The van der Waals surface area contributed by atoms with Crippen LogP contribution in [0.4, 0.5) is 0 Å². The average molecular weight is 270 g/mol. The van der Waals surface area contributed by atoms with E-state index >= 15 is 0 Å². The lowest BCUT2D eigenvalue weighted by Crippen LogP contribution is -2.31. The molecule has 1 amide bonds. The number of hydrogen-bond donors (Lipinski definition) is 0. The van der Waals surface area contributed by atoms with Crippen molar-refractivity contribution in [2.24, 2.45) is 0 Å². The van der Waals surface area contributed by atoms with Crippen LogP contribution in [0.3, 0.4) is 0 Å². The normalized spacial score (nSPS) is 9.94. The molecule has 0 aliphatic heterocycles. The molecular formula is C13H16ClNO3. The van der Waals surface area contributed by atoms with Gasteiger partial charge in [-0.25, -0.2) is 0 Å². The minimum absolute atomic E-state index is 0.0618. The van der Waals surface area contributed by atoms with Crippen molar-refractivity contribution in [3.63, 3.8) is 0 Å². The van der Waals surface area contributed by atoms with E-state index in [4.69, 9.17) is 16.3 Å². The van der Waals surface area contributed by atoms with Gasteiger partial charge < -0.3 is 9.64 Å². The Morgan fingerprint density at radius 2 is 2.11 bits per heavy atom. The van der Waals surface area contributed by atoms with Crippen LogP contribution in [-0.2, 0) is 9.59 Å². The molecule has 4 nitrogen and oxygen atoms in total. The van der Waals surface area contributed by atoms with E-state index < -0.39 is 0 Å². The lowest BCUT2D eigenvalue weighted by molar-refractivity contribution is -0.134. The fourth-order valence-electron chi connectivity index (χ4n) is 1.33. The highest BCUT2D eigenvalue weighted by molar-refractivity contribution is 6.30. The summed E-state index contributed by atoms with van der Waals surface area (Å²) in [4.78, 5) is 23.8. The first kappa shape index (κ1) is 14.5. The van der Waals surface area contributed by atoms with Crippen LogP contribution >= 0.6 is 11.6 Å². The van der Waals surface area contributed by atoms with Gasteiger partial charge >= 0.3 is 0 Å². The molecule has 0 atom stereocenters. The van der Waals surface area contributed by atoms with Crippen molar-refractivity contribution in [2.45, 2.75) is 13.3 Å². The molecule has 0 saturated carbocycles. The van der Waals surface area contributed by atoms with Gasteiger partial charge in [-0.15, -0.1) is 0 Å². The van der Waals surface area contributed by atoms with Gasteiger partial charge in [0.15, 0.2) is 0 Å². The number of Topliss-reactive ketones (excluding diaryl/α,β-unsaturated/α-hetero) is 1. The number of amides is 1. The van der Waals surface area contributed by atoms with Gasteiger partial charge in [-0.05, 0) is 25.1 Å². The fraction of sp³-hybridized carbons (Fsp3) is 0.385. The molecule has 0 unspecified atom stereocenters. The van der Waals surface area contributed by atoms with Crippen LogP contribution in [0, 0.1) is 0 Å². The van der Waals surface area contributed by atoms with E-state index in [1.54, 1.807) is 31.3 Å². The standard InChI is InChI=1S/C13H16ClNO3/c1-10(16)8-13(17)15(2)6-7-18-12-5-3-4-11(14)9-12/h3-5,9H,6-8H2,1-2H3. The molecule has 0 aliphatic rings. The van der Waals surface area contributed by atoms with Crippen molar-refractivity contribution < 1.29 is 14.3 Å². The van der Waals surface area contributed by atoms with Gasteiger partial charge in [-0.3, -0.25) is 9.59 Å². The summed E-state index contributed by atoms with van der Waals surface area (Å²) < 4.78 is 5.45. The Bertz CT molecular complexity index is 434. The molecule has 18 heavy (non-hydrogen) atoms. The second-order valence-corrected chi connectivity index (χ2v) is 4.44. The Balaban J connectivity index is 2.33. The molecule has 5 heteroatoms. The van der Waals surface area contributed by atoms with Crippen LogP contribution in [-0.4, -0.2) is 36.8 Å². The molecule has 0 spiro atoms. The predicted molar refractivity (Wildman–Crippen MR) is 69.9 cm³/mol. The minimum Gasteiger partial charge on any atom is -0.492 e. The Morgan fingerprint density at radius 3 is 2.72 bits per heavy atom. The average Bonchev–Trinajstić information content (AvgIpc) is 2.28. The molecule has 0 saturated heterocycles. The highest BCUT2D eigenvalue weighted by Gasteiger charge is 2.10. The maximum absolute atomic E-state index is 11.5. The Kier molecular flexibility index (Phi) is 5.65. The number of hydrogen-bond acceptors (Lipinski definition) is 3. The van der Waals surface area contributed by atoms with Gasteiger partial charge in [0.25, 0.3) is 0 Å². The summed E-state index contributed by atoms with van der Waals surface area (Å²) in [6.45, 7) is 2.19. The number of ketones is 1. The van der Waals surface area contributed by atoms with Crippen LogP contribution in [0.25, 0.3) is 0 Å². The summed E-state index contributed by atoms with van der Waals surface area (Å²) in [5.74, 6) is 0.328. The number of likely N-dealkylation sites (N-methyl/N-ethyl adjacent to an activating group) is 1. The Labute approximate surface area is 111 Å². The minimum atomic E-state index is -0.197. The number of halogens is 1. The lowest BCUT2D eigenvalue weighted by atomic mass is 10.3. The van der Waals surface area contributed by atoms with Crippen LogP contribution in [0.15, 0.2) is 24.3 Å². The number of carbonyl (C=O) groups excluding carboxylic acids is 2. The summed E-state index contributed by atoms with van der Waals surface area (Å²) in [6.07, 6.45) is -0.0618. The molecule has 0 bridgehead atoms. The van der Waals surface area contributed by atoms with Crippen LogP contribution in [0.2, 0.25) is 5.02 Å². The van der Waals surface area contributed by atoms with E-state index in [1.165, 1.54) is 11.8 Å². The largest absolute Gasteiger partial charge is 0.492 e. The maximum Gasteiger partial charge on any atom is 0.229 e. The van der Waals surface area contributed by atoms with Gasteiger partial charge in [0.1, 0.15) is 18.1 Å². The van der Waals surface area contributed by atoms with E-state index in [2.05, 4.69) is 0 Å². The Hall–Kier alpha value is -1.55. The smallest absolute Gasteiger partial charge is 0.229 e. The van der Waals surface area contributed by atoms with E-state index in [9.17, 15) is 9.59 Å². The number of nitrogens with zero attached hydrogens (tertiary/aromatic N) is 1. The van der Waals surface area contributed by atoms with Gasteiger partial charge in [-0.2, -0.15) is 0 Å². The van der Waals surface area contributed by atoms with Gasteiger partial charge in [0.05, 0.1) is 13.0 Å². The highest BCUT2D eigenvalue weighted by atomic mass is 35.5. The second kappa shape index (κ2) is 7.01. The SMILES string of the molecule is CC(=O)CC(=O)N(C)CCOc1cccc(Cl)c1. The lowest BCUT2D eigenvalue weighted by Gasteiger charge is -2.16. The van der Waals surface area contributed by atoms with Crippen molar-refractivity contribution >= 4 is 23.3 Å². The van der Waals surface area contributed by atoms with Crippen LogP contribution < -0.4 is 4.74 Å². The monoisotopic (exact) mass is 269 g/mol. The van der Waals surface area contributed by atoms with Crippen molar-refractivity contribution in [2.75, 3.05) is 20.2 Å². The van der Waals surface area contributed by atoms with Crippen molar-refractivity contribution in [3.8, 4) is 5.75 Å². The Morgan fingerprint density at radius 1 is 1.39 bits per heavy atom. The maximum atomic E-state index is 11.5. The number of carbonyl (C=O) groups is 2. The van der Waals surface area contributed by atoms with E-state index in [1.807, 2.05) is 0 Å². The first-order chi connectivity index (χ1) is 8.49. The quantitative estimate of drug-likeness (QED) is 0.744. The van der Waals surface area contributed by atoms with Gasteiger partial charge in [-0.1, -0.05) is 17.7 Å². The molecule has 0 N–H and O–H groups in total. The predicted octanol–water partition coefficient (Wildman–Crippen LogP) is 2.16. The number of rotatable bonds is 6. The zero-order valence-corrected chi connectivity index (χ0v) is 11.2. The van der Waals surface area contributed by atoms with Crippen molar-refractivity contribution in [3.05, 3.63) is 29.3 Å². The number of benzene rings is 1. The third kappa shape index (κ3) is 5.19. The molecule has 1 aromatic rings. The fourth-order valence-corrected chi connectivity index (χ4v) is 1.51. The summed E-state index contributed by atoms with van der Waals surface area (Å²) in [7, 11) is 1.65. The van der Waals surface area contributed by atoms with Crippen LogP contribution in [0.1, 0.15) is 13.3 Å². The van der Waals surface area contributed by atoms with Gasteiger partial charge in [0.2, 0.25) is 5.91 Å². The molecule has 1 rings (SSSR count). The van der Waals surface area contributed by atoms with E-state index in [0.29, 0.717) is 23.9 Å². The topological polar surface area (TPSA) is 46.6 Å². The van der Waals surface area contributed by atoms with E-state index in [0.717, 1.165) is 0 Å². The first-order valence-corrected chi connectivity index (χ1v) is 5.98. The first-order valence-electron chi connectivity index (χ1n) is 5.61. The third-order valence-electron chi connectivity index (χ3n) is 2.32.